The van der Waals surface area contributed by atoms with Crippen LogP contribution in [0.4, 0.5) is 18.9 Å². The van der Waals surface area contributed by atoms with E-state index in [4.69, 9.17) is 0 Å². The van der Waals surface area contributed by atoms with Crippen LogP contribution in [0.2, 0.25) is 0 Å². The van der Waals surface area contributed by atoms with Crippen LogP contribution in [-0.2, 0) is 19.3 Å². The van der Waals surface area contributed by atoms with Crippen LogP contribution in [0, 0.1) is 0 Å². The molecule has 0 aromatic heterocycles. The molecular weight excluding hydrogens is 391 g/mol. The molecule has 8 heteroatoms. The predicted molar refractivity (Wildman–Crippen MR) is 115 cm³/mol. The molecule has 2 N–H and O–H groups in total. The number of guanidine groups is 1. The second-order valence-electron chi connectivity index (χ2n) is 7.40. The Labute approximate surface area is 175 Å². The summed E-state index contributed by atoms with van der Waals surface area (Å²) in [5, 5.41) is 6.36. The summed E-state index contributed by atoms with van der Waals surface area (Å²) in [6, 6.07) is 13.9. The van der Waals surface area contributed by atoms with Crippen LogP contribution in [-0.4, -0.2) is 51.1 Å². The molecule has 0 radical (unpaired) electrons. The maximum atomic E-state index is 13.3. The van der Waals surface area contributed by atoms with Gasteiger partial charge in [-0.3, -0.25) is 4.99 Å². The van der Waals surface area contributed by atoms with Crippen LogP contribution in [0.15, 0.2) is 53.5 Å². The van der Waals surface area contributed by atoms with E-state index in [1.165, 1.54) is 12.1 Å². The van der Waals surface area contributed by atoms with Gasteiger partial charge in [-0.1, -0.05) is 30.3 Å². The number of anilines is 1. The average Bonchev–Trinajstić information content (AvgIpc) is 2.74. The van der Waals surface area contributed by atoms with E-state index in [0.29, 0.717) is 18.1 Å². The minimum Gasteiger partial charge on any atom is -0.369 e. The van der Waals surface area contributed by atoms with Crippen LogP contribution >= 0.6 is 0 Å². The largest absolute Gasteiger partial charge is 0.416 e. The summed E-state index contributed by atoms with van der Waals surface area (Å²) in [6.45, 7) is 4.17. The molecule has 2 aromatic carbocycles. The highest BCUT2D eigenvalue weighted by atomic mass is 19.4. The molecule has 3 rings (SSSR count). The molecule has 162 valence electrons. The maximum Gasteiger partial charge on any atom is 0.416 e. The van der Waals surface area contributed by atoms with Gasteiger partial charge in [0.05, 0.1) is 5.56 Å². The molecule has 5 nitrogen and oxygen atoms in total. The Balaban J connectivity index is 1.73. The lowest BCUT2D eigenvalue weighted by atomic mass is 10.1. The molecule has 0 spiro atoms. The first-order valence-electron chi connectivity index (χ1n) is 9.99. The standard InChI is InChI=1S/C22H28F3N5/c1-26-21(27-15-17-6-4-3-5-7-17)28-16-18-14-19(22(23,24)25)8-9-20(18)30-12-10-29(2)11-13-30/h3-9,14H,10-13,15-16H2,1-2H3,(H2,26,27,28). The van der Waals surface area contributed by atoms with Gasteiger partial charge in [-0.25, -0.2) is 0 Å². The van der Waals surface area contributed by atoms with Crippen molar-refractivity contribution in [2.24, 2.45) is 4.99 Å². The second-order valence-corrected chi connectivity index (χ2v) is 7.40. The van der Waals surface area contributed by atoms with Gasteiger partial charge in [-0.15, -0.1) is 0 Å². The second kappa shape index (κ2) is 9.84. The monoisotopic (exact) mass is 419 g/mol. The zero-order chi connectivity index (χ0) is 21.6. The number of hydrogen-bond donors (Lipinski definition) is 2. The van der Waals surface area contributed by atoms with Crippen LogP contribution in [0.1, 0.15) is 16.7 Å². The summed E-state index contributed by atoms with van der Waals surface area (Å²) in [5.74, 6) is 0.542. The summed E-state index contributed by atoms with van der Waals surface area (Å²) in [4.78, 5) is 8.56. The summed E-state index contributed by atoms with van der Waals surface area (Å²) in [5.41, 5.74) is 1.90. The zero-order valence-corrected chi connectivity index (χ0v) is 17.3. The molecule has 0 atom stereocenters. The first-order valence-corrected chi connectivity index (χ1v) is 9.99. The summed E-state index contributed by atoms with van der Waals surface area (Å²) in [6.07, 6.45) is -4.37. The fraction of sp³-hybridized carbons (Fsp3) is 0.409. The number of rotatable bonds is 5. The number of nitrogens with zero attached hydrogens (tertiary/aromatic N) is 3. The van der Waals surface area contributed by atoms with Crippen molar-refractivity contribution in [3.63, 3.8) is 0 Å². The van der Waals surface area contributed by atoms with Crippen molar-refractivity contribution < 1.29 is 13.2 Å². The Kier molecular flexibility index (Phi) is 7.20. The van der Waals surface area contributed by atoms with E-state index < -0.39 is 11.7 Å². The predicted octanol–water partition coefficient (Wildman–Crippen LogP) is 3.32. The van der Waals surface area contributed by atoms with E-state index in [0.717, 1.165) is 37.4 Å². The minimum absolute atomic E-state index is 0.250. The number of nitrogens with one attached hydrogen (secondary N) is 2. The Morgan fingerprint density at radius 1 is 0.967 bits per heavy atom. The van der Waals surface area contributed by atoms with Gasteiger partial charge in [-0.05, 0) is 36.4 Å². The molecule has 2 aromatic rings. The van der Waals surface area contributed by atoms with Gasteiger partial charge in [-0.2, -0.15) is 13.2 Å². The third-order valence-corrected chi connectivity index (χ3v) is 5.22. The molecular formula is C22H28F3N5. The Hall–Kier alpha value is -2.74. The first kappa shape index (κ1) is 22.0. The Morgan fingerprint density at radius 2 is 1.63 bits per heavy atom. The van der Waals surface area contributed by atoms with Crippen molar-refractivity contribution >= 4 is 11.6 Å². The molecule has 1 heterocycles. The van der Waals surface area contributed by atoms with E-state index in [1.807, 2.05) is 30.3 Å². The number of alkyl halides is 3. The molecule has 1 aliphatic rings. The average molecular weight is 419 g/mol. The van der Waals surface area contributed by atoms with E-state index in [9.17, 15) is 13.2 Å². The van der Waals surface area contributed by atoms with Gasteiger partial charge in [0.1, 0.15) is 0 Å². The topological polar surface area (TPSA) is 42.9 Å². The number of piperazine rings is 1. The van der Waals surface area contributed by atoms with E-state index in [1.54, 1.807) is 13.1 Å². The molecule has 0 bridgehead atoms. The van der Waals surface area contributed by atoms with Crippen molar-refractivity contribution in [2.45, 2.75) is 19.3 Å². The lowest BCUT2D eigenvalue weighted by Crippen LogP contribution is -2.45. The van der Waals surface area contributed by atoms with E-state index in [2.05, 4.69) is 32.5 Å². The van der Waals surface area contributed by atoms with Gasteiger partial charge in [0.15, 0.2) is 5.96 Å². The molecule has 0 amide bonds. The molecule has 1 aliphatic heterocycles. The fourth-order valence-corrected chi connectivity index (χ4v) is 3.44. The highest BCUT2D eigenvalue weighted by molar-refractivity contribution is 5.79. The van der Waals surface area contributed by atoms with Crippen LogP contribution < -0.4 is 15.5 Å². The highest BCUT2D eigenvalue weighted by Crippen LogP contribution is 2.33. The number of likely N-dealkylation sites (N-methyl/N-ethyl adjacent to an activating group) is 1. The van der Waals surface area contributed by atoms with E-state index >= 15 is 0 Å². The fourth-order valence-electron chi connectivity index (χ4n) is 3.44. The smallest absolute Gasteiger partial charge is 0.369 e. The van der Waals surface area contributed by atoms with Crippen molar-refractivity contribution in [1.82, 2.24) is 15.5 Å². The van der Waals surface area contributed by atoms with Gasteiger partial charge in [0, 0.05) is 52.0 Å². The molecule has 30 heavy (non-hydrogen) atoms. The lowest BCUT2D eigenvalue weighted by molar-refractivity contribution is -0.137. The third-order valence-electron chi connectivity index (χ3n) is 5.22. The SMILES string of the molecule is CN=C(NCc1ccccc1)NCc1cc(C(F)(F)F)ccc1N1CCN(C)CC1. The van der Waals surface area contributed by atoms with Crippen molar-refractivity contribution in [3.05, 3.63) is 65.2 Å². The van der Waals surface area contributed by atoms with Crippen LogP contribution in [0.25, 0.3) is 0 Å². The van der Waals surface area contributed by atoms with E-state index in [-0.39, 0.29) is 6.54 Å². The Bertz CT molecular complexity index is 844. The molecule has 1 fully saturated rings. The number of halogens is 3. The molecule has 0 saturated carbocycles. The van der Waals surface area contributed by atoms with Crippen LogP contribution in [0.3, 0.4) is 0 Å². The maximum absolute atomic E-state index is 13.3. The number of benzene rings is 2. The summed E-state index contributed by atoms with van der Waals surface area (Å²) >= 11 is 0. The summed E-state index contributed by atoms with van der Waals surface area (Å²) in [7, 11) is 3.70. The van der Waals surface area contributed by atoms with Gasteiger partial charge < -0.3 is 20.4 Å². The minimum atomic E-state index is -4.37. The quantitative estimate of drug-likeness (QED) is 0.577. The zero-order valence-electron chi connectivity index (χ0n) is 17.3. The first-order chi connectivity index (χ1) is 14.4. The summed E-state index contributed by atoms with van der Waals surface area (Å²) < 4.78 is 39.9. The Morgan fingerprint density at radius 3 is 2.27 bits per heavy atom. The van der Waals surface area contributed by atoms with Gasteiger partial charge in [0.2, 0.25) is 0 Å². The van der Waals surface area contributed by atoms with Gasteiger partial charge in [0.25, 0.3) is 0 Å². The highest BCUT2D eigenvalue weighted by Gasteiger charge is 2.31. The third kappa shape index (κ3) is 5.89. The normalized spacial score (nSPS) is 15.9. The lowest BCUT2D eigenvalue weighted by Gasteiger charge is -2.35. The molecule has 1 saturated heterocycles. The van der Waals surface area contributed by atoms with Crippen LogP contribution in [0.5, 0.6) is 0 Å². The van der Waals surface area contributed by atoms with Crippen molar-refractivity contribution in [2.75, 3.05) is 45.2 Å². The van der Waals surface area contributed by atoms with Gasteiger partial charge >= 0.3 is 6.18 Å². The number of hydrogen-bond acceptors (Lipinski definition) is 3. The van der Waals surface area contributed by atoms with Crippen molar-refractivity contribution in [3.8, 4) is 0 Å². The number of aliphatic imine (C=N–C) groups is 1. The van der Waals surface area contributed by atoms with Crippen molar-refractivity contribution in [1.29, 1.82) is 0 Å². The molecule has 0 unspecified atom stereocenters. The molecule has 0 aliphatic carbocycles.